The van der Waals surface area contributed by atoms with E-state index in [0.717, 1.165) is 5.92 Å². The first-order chi connectivity index (χ1) is 4.98. The van der Waals surface area contributed by atoms with Crippen LogP contribution in [-0.2, 0) is 0 Å². The standard InChI is InChI=1S/C10H17N/c1-7-4-5-8-6-10(7,11)9(8,2)3/h4,8H,5-6,11H2,1-3H3. The van der Waals surface area contributed by atoms with E-state index in [2.05, 4.69) is 26.8 Å². The highest BCUT2D eigenvalue weighted by Crippen LogP contribution is 2.60. The molecular formula is C10H17N. The molecule has 2 unspecified atom stereocenters. The largest absolute Gasteiger partial charge is 0.321 e. The van der Waals surface area contributed by atoms with Crippen LogP contribution >= 0.6 is 0 Å². The van der Waals surface area contributed by atoms with Gasteiger partial charge in [0.15, 0.2) is 0 Å². The Hall–Kier alpha value is -0.300. The van der Waals surface area contributed by atoms with Crippen LogP contribution < -0.4 is 5.73 Å². The van der Waals surface area contributed by atoms with Crippen LogP contribution in [0.3, 0.4) is 0 Å². The molecule has 3 aliphatic rings. The van der Waals surface area contributed by atoms with Crippen molar-refractivity contribution in [1.29, 1.82) is 0 Å². The number of rotatable bonds is 0. The minimum atomic E-state index is 0.0376. The molecule has 0 amide bonds. The molecule has 0 saturated heterocycles. The fourth-order valence-corrected chi connectivity index (χ4v) is 2.69. The van der Waals surface area contributed by atoms with E-state index in [1.54, 1.807) is 0 Å². The lowest BCUT2D eigenvalue weighted by Gasteiger charge is -2.63. The Morgan fingerprint density at radius 3 is 2.55 bits per heavy atom. The molecule has 3 rings (SSSR count). The summed E-state index contributed by atoms with van der Waals surface area (Å²) >= 11 is 0. The second-order valence-corrected chi connectivity index (χ2v) is 4.72. The number of nitrogens with two attached hydrogens (primary N) is 1. The third kappa shape index (κ3) is 0.610. The van der Waals surface area contributed by atoms with Crippen LogP contribution in [0.4, 0.5) is 0 Å². The third-order valence-corrected chi connectivity index (χ3v) is 4.15. The molecule has 0 aliphatic heterocycles. The van der Waals surface area contributed by atoms with E-state index in [1.165, 1.54) is 18.4 Å². The van der Waals surface area contributed by atoms with Crippen LogP contribution in [0.1, 0.15) is 33.6 Å². The van der Waals surface area contributed by atoms with Gasteiger partial charge in [-0.1, -0.05) is 25.5 Å². The summed E-state index contributed by atoms with van der Waals surface area (Å²) in [6.07, 6.45) is 4.78. The molecule has 0 heterocycles. The molecule has 1 nitrogen and oxygen atoms in total. The molecule has 62 valence electrons. The molecule has 0 spiro atoms. The van der Waals surface area contributed by atoms with Crippen LogP contribution in [0.15, 0.2) is 11.6 Å². The third-order valence-electron chi connectivity index (χ3n) is 4.15. The van der Waals surface area contributed by atoms with Gasteiger partial charge in [-0.25, -0.2) is 0 Å². The summed E-state index contributed by atoms with van der Waals surface area (Å²) in [5.41, 5.74) is 8.09. The number of allylic oxidation sites excluding steroid dienone is 1. The first kappa shape index (κ1) is 7.35. The molecule has 0 aromatic heterocycles. The summed E-state index contributed by atoms with van der Waals surface area (Å²) in [5.74, 6) is 0.844. The molecule has 2 N–H and O–H groups in total. The monoisotopic (exact) mass is 151 g/mol. The lowest BCUT2D eigenvalue weighted by atomic mass is 9.44. The highest BCUT2D eigenvalue weighted by Gasteiger charge is 2.59. The highest BCUT2D eigenvalue weighted by molar-refractivity contribution is 5.34. The summed E-state index contributed by atoms with van der Waals surface area (Å²) < 4.78 is 0. The van der Waals surface area contributed by atoms with Gasteiger partial charge in [0.05, 0.1) is 0 Å². The normalized spacial score (nSPS) is 46.2. The second kappa shape index (κ2) is 1.71. The molecule has 1 fully saturated rings. The Bertz CT molecular complexity index is 227. The van der Waals surface area contributed by atoms with Crippen LogP contribution in [0.2, 0.25) is 0 Å². The number of hydrogen-bond donors (Lipinski definition) is 1. The van der Waals surface area contributed by atoms with Gasteiger partial charge in [-0.2, -0.15) is 0 Å². The second-order valence-electron chi connectivity index (χ2n) is 4.72. The smallest absolute Gasteiger partial charge is 0.0423 e. The van der Waals surface area contributed by atoms with Crippen LogP contribution in [-0.4, -0.2) is 5.54 Å². The maximum atomic E-state index is 6.30. The van der Waals surface area contributed by atoms with E-state index in [4.69, 9.17) is 5.73 Å². The average molecular weight is 151 g/mol. The Balaban J connectivity index is 2.42. The van der Waals surface area contributed by atoms with Crippen molar-refractivity contribution in [3.63, 3.8) is 0 Å². The van der Waals surface area contributed by atoms with Gasteiger partial charge in [-0.3, -0.25) is 0 Å². The summed E-state index contributed by atoms with van der Waals surface area (Å²) in [5, 5.41) is 0. The first-order valence-electron chi connectivity index (χ1n) is 4.44. The summed E-state index contributed by atoms with van der Waals surface area (Å²) in [7, 11) is 0. The van der Waals surface area contributed by atoms with E-state index >= 15 is 0 Å². The van der Waals surface area contributed by atoms with Crippen molar-refractivity contribution < 1.29 is 0 Å². The quantitative estimate of drug-likeness (QED) is 0.527. The molecule has 3 aliphatic carbocycles. The summed E-state index contributed by atoms with van der Waals surface area (Å²) in [6.45, 7) is 6.78. The van der Waals surface area contributed by atoms with Gasteiger partial charge in [0.2, 0.25) is 0 Å². The minimum Gasteiger partial charge on any atom is -0.321 e. The van der Waals surface area contributed by atoms with Crippen molar-refractivity contribution in [3.8, 4) is 0 Å². The van der Waals surface area contributed by atoms with Crippen LogP contribution in [0.25, 0.3) is 0 Å². The van der Waals surface area contributed by atoms with E-state index < -0.39 is 0 Å². The number of hydrogen-bond acceptors (Lipinski definition) is 1. The maximum absolute atomic E-state index is 6.30. The lowest BCUT2D eigenvalue weighted by Crippen LogP contribution is -2.68. The van der Waals surface area contributed by atoms with Gasteiger partial charge >= 0.3 is 0 Å². The molecule has 1 heteroatoms. The van der Waals surface area contributed by atoms with Crippen molar-refractivity contribution in [2.24, 2.45) is 17.1 Å². The van der Waals surface area contributed by atoms with Crippen molar-refractivity contribution in [2.75, 3.05) is 0 Å². The van der Waals surface area contributed by atoms with E-state index in [9.17, 15) is 0 Å². The SMILES string of the molecule is CC1=CCC2CC1(N)C2(C)C. The zero-order valence-electron chi connectivity index (χ0n) is 7.65. The molecule has 0 aromatic rings. The van der Waals surface area contributed by atoms with Gasteiger partial charge in [0, 0.05) is 5.54 Å². The van der Waals surface area contributed by atoms with Crippen LogP contribution in [0.5, 0.6) is 0 Å². The Labute approximate surface area is 68.7 Å². The van der Waals surface area contributed by atoms with Gasteiger partial charge in [0.25, 0.3) is 0 Å². The van der Waals surface area contributed by atoms with Gasteiger partial charge in [-0.15, -0.1) is 0 Å². The van der Waals surface area contributed by atoms with Crippen molar-refractivity contribution >= 4 is 0 Å². The molecule has 11 heavy (non-hydrogen) atoms. The lowest BCUT2D eigenvalue weighted by molar-refractivity contribution is -0.0329. The summed E-state index contributed by atoms with van der Waals surface area (Å²) in [6, 6.07) is 0. The average Bonchev–Trinajstić information content (AvgIpc) is 1.94. The number of fused-ring (bicyclic) bond motifs is 1. The fraction of sp³-hybridized carbons (Fsp3) is 0.800. The van der Waals surface area contributed by atoms with Crippen molar-refractivity contribution in [2.45, 2.75) is 39.2 Å². The van der Waals surface area contributed by atoms with Crippen molar-refractivity contribution in [1.82, 2.24) is 0 Å². The molecule has 0 radical (unpaired) electrons. The van der Waals surface area contributed by atoms with Gasteiger partial charge in [-0.05, 0) is 31.1 Å². The van der Waals surface area contributed by atoms with E-state index in [1.807, 2.05) is 0 Å². The Morgan fingerprint density at radius 2 is 2.18 bits per heavy atom. The highest BCUT2D eigenvalue weighted by atomic mass is 14.9. The molecular weight excluding hydrogens is 134 g/mol. The van der Waals surface area contributed by atoms with Crippen molar-refractivity contribution in [3.05, 3.63) is 11.6 Å². The topological polar surface area (TPSA) is 26.0 Å². The Morgan fingerprint density at radius 1 is 1.55 bits per heavy atom. The molecule has 0 aromatic carbocycles. The summed E-state index contributed by atoms with van der Waals surface area (Å²) in [4.78, 5) is 0. The zero-order chi connectivity index (χ0) is 8.28. The first-order valence-corrected chi connectivity index (χ1v) is 4.44. The molecule has 2 atom stereocenters. The predicted octanol–water partition coefficient (Wildman–Crippen LogP) is 2.08. The fourth-order valence-electron chi connectivity index (χ4n) is 2.69. The van der Waals surface area contributed by atoms with Gasteiger partial charge in [0.1, 0.15) is 0 Å². The molecule has 2 bridgehead atoms. The zero-order valence-corrected chi connectivity index (χ0v) is 7.65. The predicted molar refractivity (Wildman–Crippen MR) is 47.2 cm³/mol. The van der Waals surface area contributed by atoms with Gasteiger partial charge < -0.3 is 5.73 Å². The van der Waals surface area contributed by atoms with E-state index in [0.29, 0.717) is 5.41 Å². The molecule has 1 saturated carbocycles. The maximum Gasteiger partial charge on any atom is 0.0423 e. The van der Waals surface area contributed by atoms with Crippen LogP contribution in [0, 0.1) is 11.3 Å². The Kier molecular flexibility index (Phi) is 1.15. The minimum absolute atomic E-state index is 0.0376. The van der Waals surface area contributed by atoms with E-state index in [-0.39, 0.29) is 5.54 Å².